The lowest BCUT2D eigenvalue weighted by atomic mass is 10.1. The zero-order valence-corrected chi connectivity index (χ0v) is 16.3. The highest BCUT2D eigenvalue weighted by atomic mass is 79.9. The number of ether oxygens (including phenoxy) is 1. The van der Waals surface area contributed by atoms with E-state index in [1.54, 1.807) is 6.21 Å². The number of hydrazone groups is 1. The summed E-state index contributed by atoms with van der Waals surface area (Å²) in [4.78, 5) is 11.7. The third-order valence-corrected chi connectivity index (χ3v) is 4.10. The molecule has 1 aromatic carbocycles. The van der Waals surface area contributed by atoms with Crippen LogP contribution in [0.2, 0.25) is 0 Å². The van der Waals surface area contributed by atoms with Crippen molar-refractivity contribution < 1.29 is 9.53 Å². The molecule has 1 rings (SSSR count). The molecule has 0 saturated heterocycles. The fourth-order valence-electron chi connectivity index (χ4n) is 1.83. The standard InChI is InChI=1S/C19H25BrN2O2/c1-14(2)6-5-7-15(3)10-11-21-22-19(23)13-24-17-8-9-18(20)16(4)12-17/h6,8-12H,5,7,13H2,1-4H3,(H,22,23). The van der Waals surface area contributed by atoms with E-state index in [0.29, 0.717) is 5.75 Å². The van der Waals surface area contributed by atoms with Crippen LogP contribution in [0.1, 0.15) is 39.2 Å². The van der Waals surface area contributed by atoms with E-state index in [9.17, 15) is 4.79 Å². The van der Waals surface area contributed by atoms with Crippen molar-refractivity contribution in [3.8, 4) is 5.75 Å². The molecule has 1 amide bonds. The third-order valence-electron chi connectivity index (χ3n) is 3.21. The zero-order chi connectivity index (χ0) is 17.9. The maximum atomic E-state index is 11.7. The number of halogens is 1. The molecule has 4 nitrogen and oxygen atoms in total. The zero-order valence-electron chi connectivity index (χ0n) is 14.7. The summed E-state index contributed by atoms with van der Waals surface area (Å²) < 4.78 is 6.44. The molecule has 0 aromatic heterocycles. The van der Waals surface area contributed by atoms with Crippen LogP contribution in [-0.4, -0.2) is 18.7 Å². The lowest BCUT2D eigenvalue weighted by Crippen LogP contribution is -2.24. The summed E-state index contributed by atoms with van der Waals surface area (Å²) >= 11 is 3.42. The van der Waals surface area contributed by atoms with Crippen LogP contribution in [-0.2, 0) is 4.79 Å². The monoisotopic (exact) mass is 392 g/mol. The number of hydrogen-bond donors (Lipinski definition) is 1. The molecule has 0 bridgehead atoms. The van der Waals surface area contributed by atoms with Crippen molar-refractivity contribution in [2.75, 3.05) is 6.61 Å². The van der Waals surface area contributed by atoms with Crippen LogP contribution in [0.25, 0.3) is 0 Å². The molecule has 0 radical (unpaired) electrons. The Morgan fingerprint density at radius 3 is 2.75 bits per heavy atom. The summed E-state index contributed by atoms with van der Waals surface area (Å²) in [7, 11) is 0. The Kier molecular flexibility index (Phi) is 9.08. The predicted octanol–water partition coefficient (Wildman–Crippen LogP) is 4.93. The van der Waals surface area contributed by atoms with Crippen molar-refractivity contribution in [1.29, 1.82) is 0 Å². The van der Waals surface area contributed by atoms with Gasteiger partial charge in [0.2, 0.25) is 0 Å². The summed E-state index contributed by atoms with van der Waals surface area (Å²) in [5.74, 6) is 0.368. The normalized spacial score (nSPS) is 11.5. The Balaban J connectivity index is 2.32. The van der Waals surface area contributed by atoms with Gasteiger partial charge in [-0.15, -0.1) is 0 Å². The van der Waals surface area contributed by atoms with Gasteiger partial charge in [-0.25, -0.2) is 5.43 Å². The number of hydrogen-bond acceptors (Lipinski definition) is 3. The molecular weight excluding hydrogens is 368 g/mol. The molecule has 0 fully saturated rings. The van der Waals surface area contributed by atoms with E-state index < -0.39 is 0 Å². The van der Waals surface area contributed by atoms with Gasteiger partial charge in [-0.2, -0.15) is 5.10 Å². The average molecular weight is 393 g/mol. The number of amides is 1. The van der Waals surface area contributed by atoms with Crippen molar-refractivity contribution in [3.05, 3.63) is 51.5 Å². The molecule has 0 spiro atoms. The first kappa shape index (κ1) is 20.2. The number of nitrogens with one attached hydrogen (secondary N) is 1. The second kappa shape index (κ2) is 10.8. The molecule has 0 aliphatic carbocycles. The largest absolute Gasteiger partial charge is 0.484 e. The van der Waals surface area contributed by atoms with Gasteiger partial charge >= 0.3 is 0 Å². The van der Waals surface area contributed by atoms with E-state index in [1.807, 2.05) is 38.1 Å². The Hall–Kier alpha value is -1.88. The predicted molar refractivity (Wildman–Crippen MR) is 103 cm³/mol. The van der Waals surface area contributed by atoms with Crippen LogP contribution in [0.4, 0.5) is 0 Å². The van der Waals surface area contributed by atoms with Gasteiger partial charge in [0, 0.05) is 10.7 Å². The van der Waals surface area contributed by atoms with E-state index in [1.165, 1.54) is 11.1 Å². The molecule has 24 heavy (non-hydrogen) atoms. The maximum absolute atomic E-state index is 11.7. The SMILES string of the molecule is CC(C)=CCCC(C)=CC=NNC(=O)COc1ccc(Br)c(C)c1. The molecule has 5 heteroatoms. The summed E-state index contributed by atoms with van der Waals surface area (Å²) in [6, 6.07) is 5.58. The number of aryl methyl sites for hydroxylation is 1. The van der Waals surface area contributed by atoms with Gasteiger partial charge in [-0.3, -0.25) is 4.79 Å². The van der Waals surface area contributed by atoms with Gasteiger partial charge < -0.3 is 4.74 Å². The fourth-order valence-corrected chi connectivity index (χ4v) is 2.08. The smallest absolute Gasteiger partial charge is 0.277 e. The summed E-state index contributed by atoms with van der Waals surface area (Å²) in [5, 5.41) is 3.89. The minimum absolute atomic E-state index is 0.0678. The van der Waals surface area contributed by atoms with Crippen LogP contribution in [0.3, 0.4) is 0 Å². The molecule has 0 atom stereocenters. The first-order valence-corrected chi connectivity index (χ1v) is 8.67. The molecule has 0 aliphatic rings. The van der Waals surface area contributed by atoms with Crippen LogP contribution in [0, 0.1) is 6.92 Å². The van der Waals surface area contributed by atoms with E-state index in [4.69, 9.17) is 4.74 Å². The Morgan fingerprint density at radius 2 is 2.08 bits per heavy atom. The average Bonchev–Trinajstić information content (AvgIpc) is 2.52. The molecule has 1 aromatic rings. The number of carbonyl (C=O) groups is 1. The van der Waals surface area contributed by atoms with Crippen molar-refractivity contribution in [3.63, 3.8) is 0 Å². The molecule has 0 unspecified atom stereocenters. The summed E-state index contributed by atoms with van der Waals surface area (Å²) in [6.45, 7) is 8.13. The van der Waals surface area contributed by atoms with Crippen molar-refractivity contribution in [1.82, 2.24) is 5.43 Å². The first-order chi connectivity index (χ1) is 11.4. The third kappa shape index (κ3) is 8.67. The Labute approximate surface area is 152 Å². The van der Waals surface area contributed by atoms with Crippen molar-refractivity contribution >= 4 is 28.1 Å². The van der Waals surface area contributed by atoms with Crippen LogP contribution >= 0.6 is 15.9 Å². The lowest BCUT2D eigenvalue weighted by Gasteiger charge is -2.06. The highest BCUT2D eigenvalue weighted by molar-refractivity contribution is 9.10. The van der Waals surface area contributed by atoms with Crippen molar-refractivity contribution in [2.45, 2.75) is 40.5 Å². The van der Waals surface area contributed by atoms with E-state index in [2.05, 4.69) is 46.4 Å². The Morgan fingerprint density at radius 1 is 1.33 bits per heavy atom. The highest BCUT2D eigenvalue weighted by Gasteiger charge is 2.02. The van der Waals surface area contributed by atoms with Crippen LogP contribution in [0.5, 0.6) is 5.75 Å². The molecule has 0 aliphatic heterocycles. The molecule has 130 valence electrons. The summed E-state index contributed by atoms with van der Waals surface area (Å²) in [5.41, 5.74) is 6.04. The first-order valence-electron chi connectivity index (χ1n) is 7.88. The number of benzene rings is 1. The number of allylic oxidation sites excluding steroid dienone is 4. The second-order valence-electron chi connectivity index (χ2n) is 5.85. The number of nitrogens with zero attached hydrogens (tertiary/aromatic N) is 1. The van der Waals surface area contributed by atoms with Gasteiger partial charge in [0.15, 0.2) is 6.61 Å². The molecule has 0 saturated carbocycles. The fraction of sp³-hybridized carbons (Fsp3) is 0.368. The molecule has 1 N–H and O–H groups in total. The van der Waals surface area contributed by atoms with E-state index >= 15 is 0 Å². The van der Waals surface area contributed by atoms with Gasteiger partial charge in [0.05, 0.1) is 0 Å². The minimum atomic E-state index is -0.289. The van der Waals surface area contributed by atoms with Crippen molar-refractivity contribution in [2.24, 2.45) is 5.10 Å². The van der Waals surface area contributed by atoms with Gasteiger partial charge in [-0.05, 0) is 70.4 Å². The highest BCUT2D eigenvalue weighted by Crippen LogP contribution is 2.21. The summed E-state index contributed by atoms with van der Waals surface area (Å²) in [6.07, 6.45) is 7.71. The number of carbonyl (C=O) groups excluding carboxylic acids is 1. The van der Waals surface area contributed by atoms with Gasteiger partial charge in [0.1, 0.15) is 5.75 Å². The molecule has 0 heterocycles. The molecular formula is C19H25BrN2O2. The van der Waals surface area contributed by atoms with Gasteiger partial charge in [-0.1, -0.05) is 33.2 Å². The second-order valence-corrected chi connectivity index (χ2v) is 6.70. The Bertz CT molecular complexity index is 645. The lowest BCUT2D eigenvalue weighted by molar-refractivity contribution is -0.123. The van der Waals surface area contributed by atoms with Gasteiger partial charge in [0.25, 0.3) is 5.91 Å². The van der Waals surface area contributed by atoms with Crippen LogP contribution < -0.4 is 10.2 Å². The van der Waals surface area contributed by atoms with E-state index in [-0.39, 0.29) is 12.5 Å². The quantitative estimate of drug-likeness (QED) is 0.387. The van der Waals surface area contributed by atoms with E-state index in [0.717, 1.165) is 22.9 Å². The maximum Gasteiger partial charge on any atom is 0.277 e. The topological polar surface area (TPSA) is 50.7 Å². The van der Waals surface area contributed by atoms with Crippen LogP contribution in [0.15, 0.2) is 51.1 Å². The minimum Gasteiger partial charge on any atom is -0.484 e. The number of rotatable bonds is 8.